The number of fused-ring (bicyclic) bond motifs is 1. The van der Waals surface area contributed by atoms with Gasteiger partial charge in [0.2, 0.25) is 5.91 Å². The van der Waals surface area contributed by atoms with E-state index >= 15 is 0 Å². The van der Waals surface area contributed by atoms with Gasteiger partial charge in [-0.3, -0.25) is 4.79 Å². The number of nitrogens with zero attached hydrogens (tertiary/aromatic N) is 2. The normalized spacial score (nSPS) is 11.6. The van der Waals surface area contributed by atoms with Gasteiger partial charge in [0.05, 0.1) is 17.1 Å². The second-order valence-corrected chi connectivity index (χ2v) is 9.86. The van der Waals surface area contributed by atoms with Crippen LogP contribution in [0.4, 0.5) is 0 Å². The Morgan fingerprint density at radius 3 is 2.34 bits per heavy atom. The zero-order chi connectivity index (χ0) is 21.0. The van der Waals surface area contributed by atoms with Crippen molar-refractivity contribution in [1.29, 1.82) is 0 Å². The summed E-state index contributed by atoms with van der Waals surface area (Å²) in [4.78, 5) is 20.9. The van der Waals surface area contributed by atoms with Crippen LogP contribution in [0, 0.1) is 18.8 Å². The van der Waals surface area contributed by atoms with Crippen LogP contribution in [0.25, 0.3) is 10.8 Å². The van der Waals surface area contributed by atoms with Crippen molar-refractivity contribution in [2.45, 2.75) is 47.5 Å². The predicted molar refractivity (Wildman–Crippen MR) is 124 cm³/mol. The fourth-order valence-electron chi connectivity index (χ4n) is 3.75. The van der Waals surface area contributed by atoms with Gasteiger partial charge < -0.3 is 4.90 Å². The number of benzene rings is 2. The summed E-state index contributed by atoms with van der Waals surface area (Å²) in [5.41, 5.74) is 2.28. The molecule has 3 aromatic rings. The Balaban J connectivity index is 1.76. The zero-order valence-electron chi connectivity index (χ0n) is 18.2. The molecule has 29 heavy (non-hydrogen) atoms. The summed E-state index contributed by atoms with van der Waals surface area (Å²) >= 11 is 1.69. The zero-order valence-corrected chi connectivity index (χ0v) is 19.1. The quantitative estimate of drug-likeness (QED) is 0.466. The summed E-state index contributed by atoms with van der Waals surface area (Å²) in [6.45, 7) is 12.3. The summed E-state index contributed by atoms with van der Waals surface area (Å²) in [7, 11) is 0. The summed E-state index contributed by atoms with van der Waals surface area (Å²) in [6, 6.07) is 14.9. The molecule has 0 bridgehead atoms. The fourth-order valence-corrected chi connectivity index (χ4v) is 4.83. The summed E-state index contributed by atoms with van der Waals surface area (Å²) in [6.07, 6.45) is 1.27. The van der Waals surface area contributed by atoms with Crippen molar-refractivity contribution in [2.75, 3.05) is 13.1 Å². The molecule has 0 saturated carbocycles. The molecule has 2 aromatic carbocycles. The van der Waals surface area contributed by atoms with Crippen molar-refractivity contribution in [3.05, 3.63) is 63.6 Å². The Morgan fingerprint density at radius 1 is 1.00 bits per heavy atom. The second-order valence-electron chi connectivity index (χ2n) is 8.69. The summed E-state index contributed by atoms with van der Waals surface area (Å²) in [5.74, 6) is 1.17. The van der Waals surface area contributed by atoms with Crippen molar-refractivity contribution in [3.63, 3.8) is 0 Å². The molecule has 0 aliphatic heterocycles. The Bertz CT molecular complexity index is 959. The molecule has 1 heterocycles. The van der Waals surface area contributed by atoms with Gasteiger partial charge in [0.1, 0.15) is 0 Å². The Kier molecular flexibility index (Phi) is 7.07. The van der Waals surface area contributed by atoms with Crippen LogP contribution >= 0.6 is 11.3 Å². The average Bonchev–Trinajstić information content (AvgIpc) is 2.99. The Morgan fingerprint density at radius 2 is 1.66 bits per heavy atom. The molecule has 0 unspecified atom stereocenters. The molecule has 3 rings (SSSR count). The van der Waals surface area contributed by atoms with Gasteiger partial charge >= 0.3 is 0 Å². The van der Waals surface area contributed by atoms with Crippen molar-refractivity contribution in [3.8, 4) is 0 Å². The number of rotatable bonds is 8. The molecule has 1 aromatic heterocycles. The summed E-state index contributed by atoms with van der Waals surface area (Å²) in [5, 5.41) is 3.62. The number of thiazole rings is 1. The lowest BCUT2D eigenvalue weighted by Gasteiger charge is -2.26. The van der Waals surface area contributed by atoms with E-state index in [0.717, 1.165) is 35.1 Å². The second kappa shape index (κ2) is 9.53. The van der Waals surface area contributed by atoms with Crippen LogP contribution in [0.2, 0.25) is 0 Å². The third-order valence-corrected chi connectivity index (χ3v) is 6.15. The number of hydrogen-bond acceptors (Lipinski definition) is 3. The van der Waals surface area contributed by atoms with Crippen LogP contribution < -0.4 is 0 Å². The molecule has 0 fully saturated rings. The van der Waals surface area contributed by atoms with Crippen molar-refractivity contribution < 1.29 is 4.79 Å². The van der Waals surface area contributed by atoms with Crippen LogP contribution in [-0.4, -0.2) is 28.9 Å². The number of aryl methyl sites for hydroxylation is 1. The highest BCUT2D eigenvalue weighted by Gasteiger charge is 2.19. The van der Waals surface area contributed by atoms with E-state index in [2.05, 4.69) is 70.2 Å². The van der Waals surface area contributed by atoms with Crippen molar-refractivity contribution in [2.24, 2.45) is 11.8 Å². The molecule has 0 aliphatic carbocycles. The van der Waals surface area contributed by atoms with Gasteiger partial charge in [0.25, 0.3) is 0 Å². The van der Waals surface area contributed by atoms with Crippen LogP contribution in [0.15, 0.2) is 42.5 Å². The number of carbonyl (C=O) groups is 1. The molecule has 1 amide bonds. The van der Waals surface area contributed by atoms with Crippen molar-refractivity contribution in [1.82, 2.24) is 9.88 Å². The first-order chi connectivity index (χ1) is 13.8. The topological polar surface area (TPSA) is 33.2 Å². The van der Waals surface area contributed by atoms with E-state index in [0.29, 0.717) is 18.3 Å². The molecule has 0 spiro atoms. The molecular formula is C25H32N2OS. The number of aromatic nitrogens is 1. The lowest BCUT2D eigenvalue weighted by atomic mass is 10.0. The third kappa shape index (κ3) is 5.66. The highest BCUT2D eigenvalue weighted by Crippen LogP contribution is 2.26. The largest absolute Gasteiger partial charge is 0.342 e. The lowest BCUT2D eigenvalue weighted by Crippen LogP contribution is -2.37. The maximum atomic E-state index is 13.0. The molecular weight excluding hydrogens is 376 g/mol. The predicted octanol–water partition coefficient (Wildman–Crippen LogP) is 5.88. The maximum absolute atomic E-state index is 13.0. The highest BCUT2D eigenvalue weighted by molar-refractivity contribution is 7.11. The van der Waals surface area contributed by atoms with Gasteiger partial charge in [0.15, 0.2) is 0 Å². The Hall–Kier alpha value is -2.20. The molecule has 0 radical (unpaired) electrons. The SMILES string of the molecule is Cc1nc(Cc2cccc3ccccc23)sc1CC(=O)N(CC(C)C)CC(C)C. The van der Waals surface area contributed by atoms with E-state index in [4.69, 9.17) is 4.98 Å². The summed E-state index contributed by atoms with van der Waals surface area (Å²) < 4.78 is 0. The smallest absolute Gasteiger partial charge is 0.227 e. The van der Waals surface area contributed by atoms with Crippen molar-refractivity contribution >= 4 is 28.0 Å². The van der Waals surface area contributed by atoms with Gasteiger partial charge in [0, 0.05) is 24.4 Å². The molecule has 0 atom stereocenters. The van der Waals surface area contributed by atoms with Gasteiger partial charge in [-0.1, -0.05) is 70.2 Å². The first-order valence-corrected chi connectivity index (χ1v) is 11.3. The van der Waals surface area contributed by atoms with E-state index in [1.54, 1.807) is 11.3 Å². The highest BCUT2D eigenvalue weighted by atomic mass is 32.1. The minimum Gasteiger partial charge on any atom is -0.342 e. The first kappa shape index (κ1) is 21.5. The number of carbonyl (C=O) groups excluding carboxylic acids is 1. The van der Waals surface area contributed by atoms with Crippen LogP contribution in [-0.2, 0) is 17.6 Å². The minimum atomic E-state index is 0.218. The standard InChI is InChI=1S/C25H32N2OS/c1-17(2)15-27(16-18(3)4)25(28)14-23-19(5)26-24(29-23)13-21-11-8-10-20-9-6-7-12-22(20)21/h6-12,17-18H,13-16H2,1-5H3. The molecule has 154 valence electrons. The van der Waals surface area contributed by atoms with Gasteiger partial charge in [-0.25, -0.2) is 4.98 Å². The lowest BCUT2D eigenvalue weighted by molar-refractivity contribution is -0.131. The first-order valence-electron chi connectivity index (χ1n) is 10.5. The van der Waals surface area contributed by atoms with E-state index in [1.807, 2.05) is 11.8 Å². The van der Waals surface area contributed by atoms with Crippen LogP contribution in [0.1, 0.15) is 48.8 Å². The number of amides is 1. The van der Waals surface area contributed by atoms with Gasteiger partial charge in [-0.15, -0.1) is 11.3 Å². The van der Waals surface area contributed by atoms with E-state index in [-0.39, 0.29) is 5.91 Å². The molecule has 3 nitrogen and oxygen atoms in total. The molecule has 0 N–H and O–H groups in total. The molecule has 0 saturated heterocycles. The van der Waals surface area contributed by atoms with E-state index in [9.17, 15) is 4.79 Å². The Labute approximate surface area is 178 Å². The van der Waals surface area contributed by atoms with Crippen LogP contribution in [0.3, 0.4) is 0 Å². The molecule has 0 aliphatic rings. The van der Waals surface area contributed by atoms with Gasteiger partial charge in [-0.05, 0) is 35.1 Å². The van der Waals surface area contributed by atoms with E-state index in [1.165, 1.54) is 16.3 Å². The van der Waals surface area contributed by atoms with Crippen LogP contribution in [0.5, 0.6) is 0 Å². The number of hydrogen-bond donors (Lipinski definition) is 0. The van der Waals surface area contributed by atoms with Gasteiger partial charge in [-0.2, -0.15) is 0 Å². The maximum Gasteiger partial charge on any atom is 0.227 e. The molecule has 4 heteroatoms. The average molecular weight is 409 g/mol. The fraction of sp³-hybridized carbons (Fsp3) is 0.440. The third-order valence-electron chi connectivity index (χ3n) is 4.99. The monoisotopic (exact) mass is 408 g/mol. The van der Waals surface area contributed by atoms with E-state index < -0.39 is 0 Å². The minimum absolute atomic E-state index is 0.218.